The van der Waals surface area contributed by atoms with E-state index in [1.165, 1.54) is 23.0 Å². The summed E-state index contributed by atoms with van der Waals surface area (Å²) in [7, 11) is 0. The number of aliphatic imine (C=N–C) groups is 1. The van der Waals surface area contributed by atoms with Gasteiger partial charge in [0.25, 0.3) is 11.2 Å². The second kappa shape index (κ2) is 7.06. The molecule has 8 nitrogen and oxygen atoms in total. The molecular formula is C18H16N4O4. The van der Waals surface area contributed by atoms with Crippen molar-refractivity contribution in [1.29, 1.82) is 0 Å². The first-order valence-corrected chi connectivity index (χ1v) is 7.92. The van der Waals surface area contributed by atoms with Gasteiger partial charge in [-0.25, -0.2) is 4.68 Å². The zero-order valence-corrected chi connectivity index (χ0v) is 13.9. The molecule has 132 valence electrons. The Kier molecular flexibility index (Phi) is 4.66. The Morgan fingerprint density at radius 2 is 2.00 bits per heavy atom. The van der Waals surface area contributed by atoms with E-state index in [9.17, 15) is 20.0 Å². The maximum atomic E-state index is 12.7. The van der Waals surface area contributed by atoms with Crippen LogP contribution in [0.25, 0.3) is 5.69 Å². The molecule has 0 aliphatic heterocycles. The minimum atomic E-state index is -0.604. The normalized spacial score (nSPS) is 11.1. The fraction of sp³-hybridized carbons (Fsp3) is 0.111. The monoisotopic (exact) mass is 352 g/mol. The van der Waals surface area contributed by atoms with Gasteiger partial charge in [0.1, 0.15) is 11.4 Å². The van der Waals surface area contributed by atoms with Crippen LogP contribution in [0.4, 0.5) is 11.4 Å². The summed E-state index contributed by atoms with van der Waals surface area (Å²) < 4.78 is 1.43. The Labute approximate surface area is 148 Å². The van der Waals surface area contributed by atoms with Gasteiger partial charge in [-0.15, -0.1) is 0 Å². The molecule has 0 bridgehead atoms. The Morgan fingerprint density at radius 3 is 2.62 bits per heavy atom. The minimum absolute atomic E-state index is 0.143. The molecule has 1 heterocycles. The number of aryl methyl sites for hydroxylation is 1. The van der Waals surface area contributed by atoms with Gasteiger partial charge in [0.15, 0.2) is 0 Å². The Bertz CT molecular complexity index is 1040. The summed E-state index contributed by atoms with van der Waals surface area (Å²) in [6.45, 7) is 1.90. The Balaban J connectivity index is 2.00. The van der Waals surface area contributed by atoms with E-state index >= 15 is 0 Å². The van der Waals surface area contributed by atoms with E-state index in [0.717, 1.165) is 6.07 Å². The van der Waals surface area contributed by atoms with Crippen LogP contribution in [0.2, 0.25) is 0 Å². The average molecular weight is 352 g/mol. The highest BCUT2D eigenvalue weighted by atomic mass is 16.6. The number of nitrogens with one attached hydrogen (secondary N) is 1. The molecule has 3 rings (SSSR count). The van der Waals surface area contributed by atoms with E-state index in [0.29, 0.717) is 23.4 Å². The lowest BCUT2D eigenvalue weighted by atomic mass is 10.2. The number of nitrogens with zero attached hydrogens (tertiary/aromatic N) is 3. The lowest BCUT2D eigenvalue weighted by Gasteiger charge is -1.99. The van der Waals surface area contributed by atoms with Gasteiger partial charge in [-0.2, -0.15) is 0 Å². The van der Waals surface area contributed by atoms with Crippen LogP contribution in [0.15, 0.2) is 58.3 Å². The number of aromatic hydroxyl groups is 1. The van der Waals surface area contributed by atoms with Gasteiger partial charge < -0.3 is 5.11 Å². The zero-order chi connectivity index (χ0) is 18.7. The molecule has 0 fully saturated rings. The number of nitro groups is 1. The minimum Gasteiger partial charge on any atom is -0.505 e. The third kappa shape index (κ3) is 3.25. The molecule has 0 saturated heterocycles. The lowest BCUT2D eigenvalue weighted by molar-refractivity contribution is -0.384. The van der Waals surface area contributed by atoms with E-state index < -0.39 is 4.92 Å². The molecule has 0 spiro atoms. The second-order valence-corrected chi connectivity index (χ2v) is 5.52. The third-order valence-electron chi connectivity index (χ3n) is 3.88. The van der Waals surface area contributed by atoms with Crippen LogP contribution >= 0.6 is 0 Å². The number of hydrogen-bond donors (Lipinski definition) is 2. The third-order valence-corrected chi connectivity index (χ3v) is 3.88. The van der Waals surface area contributed by atoms with Gasteiger partial charge in [0.05, 0.1) is 22.2 Å². The second-order valence-electron chi connectivity index (χ2n) is 5.52. The van der Waals surface area contributed by atoms with Crippen molar-refractivity contribution in [3.05, 3.63) is 80.3 Å². The summed E-state index contributed by atoms with van der Waals surface area (Å²) in [4.78, 5) is 26.9. The van der Waals surface area contributed by atoms with Crippen molar-refractivity contribution in [2.24, 2.45) is 4.99 Å². The molecule has 2 aromatic carbocycles. The zero-order valence-electron chi connectivity index (χ0n) is 13.9. The van der Waals surface area contributed by atoms with Gasteiger partial charge in [0.2, 0.25) is 0 Å². The van der Waals surface area contributed by atoms with Gasteiger partial charge in [-0.3, -0.25) is 25.0 Å². The topological polar surface area (TPSA) is 114 Å². The molecule has 1 aromatic heterocycles. The van der Waals surface area contributed by atoms with E-state index in [1.54, 1.807) is 12.1 Å². The van der Waals surface area contributed by atoms with E-state index in [4.69, 9.17) is 0 Å². The number of para-hydroxylation sites is 1. The summed E-state index contributed by atoms with van der Waals surface area (Å²) in [6, 6.07) is 12.7. The van der Waals surface area contributed by atoms with Crippen LogP contribution in [0.3, 0.4) is 0 Å². The van der Waals surface area contributed by atoms with E-state index in [2.05, 4.69) is 10.1 Å². The highest BCUT2D eigenvalue weighted by molar-refractivity contribution is 5.84. The van der Waals surface area contributed by atoms with Crippen LogP contribution in [0, 0.1) is 10.1 Å². The number of H-pyrrole nitrogens is 1. The number of benzene rings is 2. The largest absolute Gasteiger partial charge is 0.505 e. The van der Waals surface area contributed by atoms with E-state index in [-0.39, 0.29) is 22.7 Å². The lowest BCUT2D eigenvalue weighted by Crippen LogP contribution is -2.17. The van der Waals surface area contributed by atoms with Crippen LogP contribution in [-0.2, 0) is 6.42 Å². The fourth-order valence-electron chi connectivity index (χ4n) is 2.53. The van der Waals surface area contributed by atoms with E-state index in [1.807, 2.05) is 25.1 Å². The maximum absolute atomic E-state index is 12.7. The smallest absolute Gasteiger partial charge is 0.280 e. The van der Waals surface area contributed by atoms with Crippen molar-refractivity contribution in [2.45, 2.75) is 13.3 Å². The number of rotatable bonds is 5. The highest BCUT2D eigenvalue weighted by Crippen LogP contribution is 2.30. The van der Waals surface area contributed by atoms with Crippen LogP contribution in [-0.4, -0.2) is 26.0 Å². The average Bonchev–Trinajstić information content (AvgIpc) is 2.97. The number of aromatic nitrogens is 2. The Hall–Kier alpha value is -3.68. The van der Waals surface area contributed by atoms with Gasteiger partial charge in [0, 0.05) is 18.0 Å². The van der Waals surface area contributed by atoms with Gasteiger partial charge in [-0.1, -0.05) is 25.1 Å². The summed E-state index contributed by atoms with van der Waals surface area (Å²) in [5.41, 5.74) is 1.41. The number of phenols is 1. The first-order valence-electron chi connectivity index (χ1n) is 7.92. The number of hydrogen-bond acceptors (Lipinski definition) is 5. The highest BCUT2D eigenvalue weighted by Gasteiger charge is 2.13. The van der Waals surface area contributed by atoms with Crippen molar-refractivity contribution in [2.75, 3.05) is 0 Å². The SMILES string of the molecule is CCc1[nH]n(-c2ccccc2)c(=O)c1C=Nc1ccc([N+](=O)[O-])cc1O. The molecule has 0 aliphatic carbocycles. The molecule has 26 heavy (non-hydrogen) atoms. The molecule has 0 amide bonds. The van der Waals surface area contributed by atoms with Crippen LogP contribution < -0.4 is 5.56 Å². The molecule has 2 N–H and O–H groups in total. The number of aromatic amines is 1. The molecule has 8 heteroatoms. The molecule has 3 aromatic rings. The summed E-state index contributed by atoms with van der Waals surface area (Å²) in [6.07, 6.45) is 1.95. The number of non-ortho nitro benzene ring substituents is 1. The van der Waals surface area contributed by atoms with Crippen molar-refractivity contribution in [1.82, 2.24) is 9.78 Å². The predicted molar refractivity (Wildman–Crippen MR) is 97.8 cm³/mol. The molecule has 0 unspecified atom stereocenters. The van der Waals surface area contributed by atoms with Crippen molar-refractivity contribution < 1.29 is 10.0 Å². The number of phenolic OH excluding ortho intramolecular Hbond substituents is 1. The molecular weight excluding hydrogens is 336 g/mol. The molecule has 0 radical (unpaired) electrons. The summed E-state index contributed by atoms with van der Waals surface area (Å²) >= 11 is 0. The fourth-order valence-corrected chi connectivity index (χ4v) is 2.53. The molecule has 0 aliphatic rings. The van der Waals surface area contributed by atoms with Gasteiger partial charge in [-0.05, 0) is 24.6 Å². The van der Waals surface area contributed by atoms with Crippen LogP contribution in [0.5, 0.6) is 5.75 Å². The quantitative estimate of drug-likeness (QED) is 0.417. The predicted octanol–water partition coefficient (Wildman–Crippen LogP) is 3.09. The van der Waals surface area contributed by atoms with Crippen molar-refractivity contribution >= 4 is 17.6 Å². The standard InChI is InChI=1S/C18H16N4O4/c1-2-15-14(18(24)21(20-15)12-6-4-3-5-7-12)11-19-16-9-8-13(22(25)26)10-17(16)23/h3-11,20,23H,2H2,1H3. The van der Waals surface area contributed by atoms with Crippen LogP contribution in [0.1, 0.15) is 18.2 Å². The number of nitro benzene ring substituents is 1. The first kappa shape index (κ1) is 17.2. The van der Waals surface area contributed by atoms with Crippen molar-refractivity contribution in [3.8, 4) is 11.4 Å². The van der Waals surface area contributed by atoms with Gasteiger partial charge >= 0.3 is 0 Å². The Morgan fingerprint density at radius 1 is 1.27 bits per heavy atom. The summed E-state index contributed by atoms with van der Waals surface area (Å²) in [5, 5.41) is 23.7. The summed E-state index contributed by atoms with van der Waals surface area (Å²) in [5.74, 6) is -0.326. The molecule has 0 saturated carbocycles. The maximum Gasteiger partial charge on any atom is 0.280 e. The van der Waals surface area contributed by atoms with Crippen molar-refractivity contribution in [3.63, 3.8) is 0 Å². The first-order chi connectivity index (χ1) is 12.5. The molecule has 0 atom stereocenters.